The third kappa shape index (κ3) is 3.20. The summed E-state index contributed by atoms with van der Waals surface area (Å²) in [6.07, 6.45) is 1.71. The molecule has 1 aromatic rings. The van der Waals surface area contributed by atoms with E-state index < -0.39 is 6.04 Å². The lowest BCUT2D eigenvalue weighted by Gasteiger charge is -2.03. The van der Waals surface area contributed by atoms with Crippen molar-refractivity contribution in [3.63, 3.8) is 0 Å². The number of carbonyl (C=O) groups is 1. The van der Waals surface area contributed by atoms with Gasteiger partial charge in [-0.15, -0.1) is 0 Å². The lowest BCUT2D eigenvalue weighted by molar-refractivity contribution is -0.141. The number of rotatable bonds is 3. The van der Waals surface area contributed by atoms with E-state index in [9.17, 15) is 4.79 Å². The lowest BCUT2D eigenvalue weighted by Crippen LogP contribution is -2.16. The van der Waals surface area contributed by atoms with E-state index in [0.717, 1.165) is 11.1 Å². The molecule has 80 valence electrons. The zero-order chi connectivity index (χ0) is 11.3. The zero-order valence-corrected chi connectivity index (χ0v) is 9.23. The first-order chi connectivity index (χ1) is 7.15. The minimum absolute atomic E-state index is 0.320. The number of carbonyl (C=O) groups excluding carboxylic acids is 1. The first-order valence-electron chi connectivity index (χ1n) is 4.81. The Hall–Kier alpha value is -1.64. The normalized spacial score (nSPS) is 12.7. The predicted molar refractivity (Wildman–Crippen MR) is 60.3 cm³/mol. The van der Waals surface area contributed by atoms with Crippen molar-refractivity contribution in [1.82, 2.24) is 0 Å². The average molecular weight is 205 g/mol. The van der Waals surface area contributed by atoms with Crippen LogP contribution in [0.15, 0.2) is 29.3 Å². The Morgan fingerprint density at radius 1 is 1.47 bits per heavy atom. The second-order valence-electron chi connectivity index (χ2n) is 3.33. The minimum atomic E-state index is -0.449. The third-order valence-corrected chi connectivity index (χ3v) is 2.17. The average Bonchev–Trinajstić information content (AvgIpc) is 2.26. The van der Waals surface area contributed by atoms with Gasteiger partial charge >= 0.3 is 5.97 Å². The number of benzene rings is 1. The molecule has 0 saturated carbocycles. The Labute approximate surface area is 89.8 Å². The van der Waals surface area contributed by atoms with Crippen LogP contribution in [-0.2, 0) is 9.53 Å². The topological polar surface area (TPSA) is 38.7 Å². The van der Waals surface area contributed by atoms with Crippen LogP contribution < -0.4 is 0 Å². The summed E-state index contributed by atoms with van der Waals surface area (Å²) in [5.74, 6) is -0.320. The maximum absolute atomic E-state index is 11.1. The van der Waals surface area contributed by atoms with E-state index >= 15 is 0 Å². The Morgan fingerprint density at radius 2 is 2.13 bits per heavy atom. The lowest BCUT2D eigenvalue weighted by atomic mass is 10.1. The maximum atomic E-state index is 11.1. The van der Waals surface area contributed by atoms with Crippen LogP contribution in [0.4, 0.5) is 0 Å². The number of hydrogen-bond acceptors (Lipinski definition) is 3. The van der Waals surface area contributed by atoms with E-state index in [4.69, 9.17) is 0 Å². The van der Waals surface area contributed by atoms with Crippen molar-refractivity contribution < 1.29 is 9.53 Å². The van der Waals surface area contributed by atoms with Gasteiger partial charge in [0, 0.05) is 6.21 Å². The van der Waals surface area contributed by atoms with Crippen molar-refractivity contribution in [2.75, 3.05) is 7.11 Å². The van der Waals surface area contributed by atoms with E-state index in [1.165, 1.54) is 7.11 Å². The van der Waals surface area contributed by atoms with Crippen molar-refractivity contribution in [2.24, 2.45) is 4.99 Å². The van der Waals surface area contributed by atoms with Crippen LogP contribution in [0.2, 0.25) is 0 Å². The predicted octanol–water partition coefficient (Wildman–Crippen LogP) is 1.98. The molecular weight excluding hydrogens is 190 g/mol. The fraction of sp³-hybridized carbons (Fsp3) is 0.333. The molecule has 0 heterocycles. The Balaban J connectivity index is 2.74. The molecular formula is C12H15NO2. The number of hydrogen-bond donors (Lipinski definition) is 0. The molecule has 1 atom stereocenters. The number of methoxy groups -OCH3 is 1. The monoisotopic (exact) mass is 205 g/mol. The molecule has 0 aromatic heterocycles. The van der Waals surface area contributed by atoms with E-state index in [2.05, 4.69) is 9.73 Å². The van der Waals surface area contributed by atoms with E-state index in [-0.39, 0.29) is 5.97 Å². The van der Waals surface area contributed by atoms with Gasteiger partial charge in [0.25, 0.3) is 0 Å². The van der Waals surface area contributed by atoms with Gasteiger partial charge in [-0.3, -0.25) is 4.99 Å². The summed E-state index contributed by atoms with van der Waals surface area (Å²) in [6.45, 7) is 3.71. The molecule has 3 nitrogen and oxygen atoms in total. The van der Waals surface area contributed by atoms with E-state index in [1.807, 2.05) is 31.2 Å². The standard InChI is InChI=1S/C12H15NO2/c1-9-6-4-5-7-11(9)8-13-10(2)12(14)15-3/h4-8,10H,1-3H3. The molecule has 0 N–H and O–H groups in total. The third-order valence-electron chi connectivity index (χ3n) is 2.17. The Morgan fingerprint density at radius 3 is 2.73 bits per heavy atom. The van der Waals surface area contributed by atoms with Crippen molar-refractivity contribution in [2.45, 2.75) is 19.9 Å². The second kappa shape index (κ2) is 5.29. The van der Waals surface area contributed by atoms with Gasteiger partial charge in [0.15, 0.2) is 0 Å². The summed E-state index contributed by atoms with van der Waals surface area (Å²) in [5.41, 5.74) is 2.16. The highest BCUT2D eigenvalue weighted by Gasteiger charge is 2.09. The van der Waals surface area contributed by atoms with E-state index in [0.29, 0.717) is 0 Å². The number of aryl methyl sites for hydroxylation is 1. The molecule has 0 aliphatic rings. The Bertz CT molecular complexity index is 372. The number of nitrogens with zero attached hydrogens (tertiary/aromatic N) is 1. The SMILES string of the molecule is COC(=O)C(C)N=Cc1ccccc1C. The molecule has 1 rings (SSSR count). The molecule has 0 radical (unpaired) electrons. The van der Waals surface area contributed by atoms with Gasteiger partial charge in [0.2, 0.25) is 0 Å². The Kier molecular flexibility index (Phi) is 4.03. The van der Waals surface area contributed by atoms with Gasteiger partial charge < -0.3 is 4.74 Å². The highest BCUT2D eigenvalue weighted by atomic mass is 16.5. The summed E-state index contributed by atoms with van der Waals surface area (Å²) in [5, 5.41) is 0. The molecule has 0 saturated heterocycles. The largest absolute Gasteiger partial charge is 0.467 e. The molecule has 0 bridgehead atoms. The van der Waals surface area contributed by atoms with Gasteiger partial charge in [0.05, 0.1) is 7.11 Å². The van der Waals surface area contributed by atoms with Gasteiger partial charge in [-0.05, 0) is 25.0 Å². The fourth-order valence-corrected chi connectivity index (χ4v) is 1.16. The van der Waals surface area contributed by atoms with Crippen LogP contribution in [0.25, 0.3) is 0 Å². The molecule has 3 heteroatoms. The van der Waals surface area contributed by atoms with Gasteiger partial charge in [0.1, 0.15) is 6.04 Å². The highest BCUT2D eigenvalue weighted by molar-refractivity contribution is 5.85. The summed E-state index contributed by atoms with van der Waals surface area (Å²) in [6, 6.07) is 7.43. The van der Waals surface area contributed by atoms with Crippen molar-refractivity contribution in [3.8, 4) is 0 Å². The molecule has 15 heavy (non-hydrogen) atoms. The molecule has 0 aliphatic heterocycles. The summed E-state index contributed by atoms with van der Waals surface area (Å²) in [4.78, 5) is 15.2. The summed E-state index contributed by atoms with van der Waals surface area (Å²) < 4.78 is 4.58. The van der Waals surface area contributed by atoms with Crippen LogP contribution >= 0.6 is 0 Å². The molecule has 1 unspecified atom stereocenters. The smallest absolute Gasteiger partial charge is 0.330 e. The van der Waals surface area contributed by atoms with Crippen molar-refractivity contribution >= 4 is 12.2 Å². The van der Waals surface area contributed by atoms with E-state index in [1.54, 1.807) is 13.1 Å². The fourth-order valence-electron chi connectivity index (χ4n) is 1.16. The molecule has 0 fully saturated rings. The summed E-state index contributed by atoms with van der Waals surface area (Å²) in [7, 11) is 1.36. The van der Waals surface area contributed by atoms with Crippen molar-refractivity contribution in [3.05, 3.63) is 35.4 Å². The highest BCUT2D eigenvalue weighted by Crippen LogP contribution is 2.04. The maximum Gasteiger partial charge on any atom is 0.330 e. The number of esters is 1. The van der Waals surface area contributed by atoms with Gasteiger partial charge in [-0.2, -0.15) is 0 Å². The van der Waals surface area contributed by atoms with Crippen LogP contribution in [0.3, 0.4) is 0 Å². The number of ether oxygens (including phenoxy) is 1. The molecule has 0 spiro atoms. The van der Waals surface area contributed by atoms with Crippen LogP contribution in [0.5, 0.6) is 0 Å². The first-order valence-corrected chi connectivity index (χ1v) is 4.81. The zero-order valence-electron chi connectivity index (χ0n) is 9.23. The first kappa shape index (κ1) is 11.4. The second-order valence-corrected chi connectivity index (χ2v) is 3.33. The minimum Gasteiger partial charge on any atom is -0.467 e. The number of aliphatic imine (C=N–C) groups is 1. The van der Waals surface area contributed by atoms with Crippen LogP contribution in [0.1, 0.15) is 18.1 Å². The van der Waals surface area contributed by atoms with Crippen LogP contribution in [0, 0.1) is 6.92 Å². The van der Waals surface area contributed by atoms with Gasteiger partial charge in [-0.1, -0.05) is 24.3 Å². The molecule has 1 aromatic carbocycles. The van der Waals surface area contributed by atoms with Gasteiger partial charge in [-0.25, -0.2) is 4.79 Å². The van der Waals surface area contributed by atoms with Crippen molar-refractivity contribution in [1.29, 1.82) is 0 Å². The van der Waals surface area contributed by atoms with Crippen LogP contribution in [-0.4, -0.2) is 25.3 Å². The summed E-state index contributed by atoms with van der Waals surface area (Å²) >= 11 is 0. The quantitative estimate of drug-likeness (QED) is 0.559. The molecule has 0 aliphatic carbocycles. The molecule has 0 amide bonds.